The van der Waals surface area contributed by atoms with Crippen LogP contribution in [0.1, 0.15) is 11.3 Å². The summed E-state index contributed by atoms with van der Waals surface area (Å²) in [7, 11) is 0. The van der Waals surface area contributed by atoms with E-state index in [1.54, 1.807) is 37.3 Å². The van der Waals surface area contributed by atoms with Gasteiger partial charge in [-0.1, -0.05) is 6.07 Å². The molecule has 1 aromatic carbocycles. The Morgan fingerprint density at radius 3 is 2.57 bits per heavy atom. The van der Waals surface area contributed by atoms with Crippen molar-refractivity contribution >= 4 is 11.5 Å². The van der Waals surface area contributed by atoms with Gasteiger partial charge in [-0.3, -0.25) is 4.98 Å². The monoisotopic (exact) mass is 390 g/mol. The fourth-order valence-electron chi connectivity index (χ4n) is 2.46. The second-order valence-corrected chi connectivity index (χ2v) is 5.85. The first-order valence-electron chi connectivity index (χ1n) is 8.36. The molecule has 0 fully saturated rings. The number of aromatic nitrogens is 3. The highest BCUT2D eigenvalue weighted by atomic mass is 19.4. The van der Waals surface area contributed by atoms with Gasteiger partial charge in [-0.05, 0) is 42.8 Å². The average Bonchev–Trinajstić information content (AvgIpc) is 2.67. The van der Waals surface area contributed by atoms with Crippen LogP contribution in [0.3, 0.4) is 0 Å². The van der Waals surface area contributed by atoms with Gasteiger partial charge in [0.25, 0.3) is 0 Å². The lowest BCUT2D eigenvalue weighted by molar-refractivity contribution is -0.141. The fourth-order valence-corrected chi connectivity index (χ4v) is 2.46. The smallest absolute Gasteiger partial charge is 0.433 e. The van der Waals surface area contributed by atoms with E-state index < -0.39 is 11.9 Å². The minimum atomic E-state index is -4.62. The van der Waals surface area contributed by atoms with Crippen molar-refractivity contribution in [2.75, 3.05) is 18.5 Å². The van der Waals surface area contributed by atoms with Crippen LogP contribution in [0.15, 0.2) is 48.7 Å². The lowest BCUT2D eigenvalue weighted by Crippen LogP contribution is -2.11. The van der Waals surface area contributed by atoms with Crippen molar-refractivity contribution in [3.63, 3.8) is 0 Å². The lowest BCUT2D eigenvalue weighted by atomic mass is 10.2. The molecular formula is C19H17F3N4O2. The zero-order valence-electron chi connectivity index (χ0n) is 14.9. The molecule has 0 aliphatic carbocycles. The van der Waals surface area contributed by atoms with Gasteiger partial charge in [-0.2, -0.15) is 13.2 Å². The number of nitrogens with zero attached hydrogens (tertiary/aromatic N) is 3. The van der Waals surface area contributed by atoms with E-state index >= 15 is 0 Å². The fraction of sp³-hybridized carbons (Fsp3) is 0.211. The number of hydrogen-bond donors (Lipinski definition) is 2. The predicted octanol–water partition coefficient (Wildman–Crippen LogP) is 3.98. The molecule has 2 N–H and O–H groups in total. The highest BCUT2D eigenvalue weighted by molar-refractivity contribution is 5.62. The van der Waals surface area contributed by atoms with Crippen LogP contribution in [0.2, 0.25) is 0 Å². The topological polar surface area (TPSA) is 80.2 Å². The van der Waals surface area contributed by atoms with Gasteiger partial charge in [-0.25, -0.2) is 9.97 Å². The van der Waals surface area contributed by atoms with E-state index in [1.807, 2.05) is 0 Å². The van der Waals surface area contributed by atoms with Crippen LogP contribution >= 0.6 is 0 Å². The van der Waals surface area contributed by atoms with Gasteiger partial charge in [0.2, 0.25) is 0 Å². The standard InChI is InChI=1S/C19H17F3N4O2/c1-12-10-13(5-6-15(12)28-9-8-27)24-17-11-16(19(20,21)22)25-18(26-17)14-4-2-3-7-23-14/h2-7,10-11,27H,8-9H2,1H3,(H,24,25,26). The van der Waals surface area contributed by atoms with Crippen LogP contribution < -0.4 is 10.1 Å². The molecule has 0 amide bonds. The molecule has 0 aliphatic rings. The first-order valence-corrected chi connectivity index (χ1v) is 8.36. The SMILES string of the molecule is Cc1cc(Nc2cc(C(F)(F)F)nc(-c3ccccn3)n2)ccc1OCCO. The van der Waals surface area contributed by atoms with Crippen LogP contribution in [-0.2, 0) is 6.18 Å². The zero-order valence-corrected chi connectivity index (χ0v) is 14.9. The second kappa shape index (κ2) is 8.22. The molecule has 0 aliphatic heterocycles. The van der Waals surface area contributed by atoms with Crippen molar-refractivity contribution in [2.45, 2.75) is 13.1 Å². The molecule has 0 unspecified atom stereocenters. The highest BCUT2D eigenvalue weighted by Gasteiger charge is 2.34. The van der Waals surface area contributed by atoms with Crippen molar-refractivity contribution in [2.24, 2.45) is 0 Å². The summed E-state index contributed by atoms with van der Waals surface area (Å²) in [4.78, 5) is 11.8. The Hall–Kier alpha value is -3.20. The number of benzene rings is 1. The zero-order chi connectivity index (χ0) is 20.1. The van der Waals surface area contributed by atoms with E-state index in [1.165, 1.54) is 12.3 Å². The number of aliphatic hydroxyl groups is 1. The number of aryl methyl sites for hydroxylation is 1. The van der Waals surface area contributed by atoms with E-state index in [4.69, 9.17) is 9.84 Å². The molecule has 2 aromatic heterocycles. The Bertz CT molecular complexity index is 950. The molecule has 3 aromatic rings. The Balaban J connectivity index is 1.94. The largest absolute Gasteiger partial charge is 0.491 e. The maximum absolute atomic E-state index is 13.3. The summed E-state index contributed by atoms with van der Waals surface area (Å²) in [5, 5.41) is 11.7. The van der Waals surface area contributed by atoms with Gasteiger partial charge in [-0.15, -0.1) is 0 Å². The highest BCUT2D eigenvalue weighted by Crippen LogP contribution is 2.31. The normalized spacial score (nSPS) is 11.3. The summed E-state index contributed by atoms with van der Waals surface area (Å²) in [5.74, 6) is 0.441. The predicted molar refractivity (Wildman–Crippen MR) is 97.3 cm³/mol. The maximum Gasteiger partial charge on any atom is 0.433 e. The van der Waals surface area contributed by atoms with Crippen LogP contribution in [0.5, 0.6) is 5.75 Å². The summed E-state index contributed by atoms with van der Waals surface area (Å²) in [6.07, 6.45) is -3.17. The van der Waals surface area contributed by atoms with Gasteiger partial charge in [0, 0.05) is 18.0 Å². The second-order valence-electron chi connectivity index (χ2n) is 5.85. The van der Waals surface area contributed by atoms with Crippen LogP contribution in [0.25, 0.3) is 11.5 Å². The Morgan fingerprint density at radius 2 is 1.93 bits per heavy atom. The van der Waals surface area contributed by atoms with Crippen molar-refractivity contribution in [1.82, 2.24) is 15.0 Å². The van der Waals surface area contributed by atoms with Crippen LogP contribution in [-0.4, -0.2) is 33.3 Å². The maximum atomic E-state index is 13.3. The van der Waals surface area contributed by atoms with Crippen molar-refractivity contribution in [3.8, 4) is 17.3 Å². The molecular weight excluding hydrogens is 373 g/mol. The minimum absolute atomic E-state index is 0.00796. The van der Waals surface area contributed by atoms with Crippen molar-refractivity contribution < 1.29 is 23.0 Å². The van der Waals surface area contributed by atoms with Crippen molar-refractivity contribution in [3.05, 3.63) is 59.9 Å². The minimum Gasteiger partial charge on any atom is -0.491 e. The van der Waals surface area contributed by atoms with E-state index in [9.17, 15) is 13.2 Å². The van der Waals surface area contributed by atoms with Crippen molar-refractivity contribution in [1.29, 1.82) is 0 Å². The molecule has 3 rings (SSSR count). The number of nitrogens with one attached hydrogen (secondary N) is 1. The molecule has 0 saturated carbocycles. The number of pyridine rings is 1. The van der Waals surface area contributed by atoms with Gasteiger partial charge in [0.1, 0.15) is 23.9 Å². The molecule has 0 spiro atoms. The Kier molecular flexibility index (Phi) is 5.74. The number of anilines is 2. The van der Waals surface area contributed by atoms with Gasteiger partial charge < -0.3 is 15.2 Å². The third kappa shape index (κ3) is 4.74. The molecule has 146 valence electrons. The summed E-state index contributed by atoms with van der Waals surface area (Å²) < 4.78 is 45.2. The van der Waals surface area contributed by atoms with Crippen LogP contribution in [0.4, 0.5) is 24.7 Å². The molecule has 0 radical (unpaired) electrons. The molecule has 2 heterocycles. The number of aliphatic hydroxyl groups excluding tert-OH is 1. The first kappa shape index (κ1) is 19.6. The molecule has 9 heteroatoms. The summed E-state index contributed by atoms with van der Waals surface area (Å²) in [6, 6.07) is 10.7. The Labute approximate surface area is 159 Å². The van der Waals surface area contributed by atoms with E-state index in [2.05, 4.69) is 20.3 Å². The third-order valence-electron chi connectivity index (χ3n) is 3.71. The molecule has 6 nitrogen and oxygen atoms in total. The average molecular weight is 390 g/mol. The number of hydrogen-bond acceptors (Lipinski definition) is 6. The molecule has 28 heavy (non-hydrogen) atoms. The quantitative estimate of drug-likeness (QED) is 0.663. The number of alkyl halides is 3. The van der Waals surface area contributed by atoms with E-state index in [0.717, 1.165) is 11.6 Å². The first-order chi connectivity index (χ1) is 13.4. The summed E-state index contributed by atoms with van der Waals surface area (Å²) in [5.41, 5.74) is 0.465. The van der Waals surface area contributed by atoms with Gasteiger partial charge >= 0.3 is 6.18 Å². The molecule has 0 atom stereocenters. The number of halogens is 3. The van der Waals surface area contributed by atoms with Gasteiger partial charge in [0.05, 0.1) is 6.61 Å². The molecule has 0 saturated heterocycles. The number of rotatable bonds is 6. The van der Waals surface area contributed by atoms with E-state index in [0.29, 0.717) is 11.4 Å². The summed E-state index contributed by atoms with van der Waals surface area (Å²) in [6.45, 7) is 1.83. The van der Waals surface area contributed by atoms with Gasteiger partial charge in [0.15, 0.2) is 11.5 Å². The summed E-state index contributed by atoms with van der Waals surface area (Å²) >= 11 is 0. The van der Waals surface area contributed by atoms with Crippen LogP contribution in [0, 0.1) is 6.92 Å². The molecule has 0 bridgehead atoms. The lowest BCUT2D eigenvalue weighted by Gasteiger charge is -2.13. The Morgan fingerprint density at radius 1 is 1.11 bits per heavy atom. The third-order valence-corrected chi connectivity index (χ3v) is 3.71. The number of ether oxygens (including phenoxy) is 1. The van der Waals surface area contributed by atoms with E-state index in [-0.39, 0.29) is 30.5 Å².